The first-order valence-corrected chi connectivity index (χ1v) is 14.7. The van der Waals surface area contributed by atoms with E-state index < -0.39 is 10.4 Å². The van der Waals surface area contributed by atoms with Crippen molar-refractivity contribution < 1.29 is 22.3 Å². The summed E-state index contributed by atoms with van der Waals surface area (Å²) in [6, 6.07) is 0. The van der Waals surface area contributed by atoms with Crippen LogP contribution in [0.1, 0.15) is 143 Å². The Hall–Kier alpha value is -0.250. The smallest absolute Gasteiger partial charge is 0.0466 e. The third-order valence-electron chi connectivity index (χ3n) is 5.64. The molecule has 0 saturated carbocycles. The summed E-state index contributed by atoms with van der Waals surface area (Å²) in [5.41, 5.74) is 0. The van der Waals surface area contributed by atoms with E-state index in [4.69, 9.17) is 22.3 Å². The lowest BCUT2D eigenvalue weighted by atomic mass is 10.0. The highest BCUT2D eigenvalue weighted by Gasteiger charge is 1.97. The fourth-order valence-corrected chi connectivity index (χ4v) is 3.74. The molecule has 212 valence electrons. The van der Waals surface area contributed by atoms with E-state index in [9.17, 15) is 0 Å². The molecule has 8 heteroatoms. The van der Waals surface area contributed by atoms with Gasteiger partial charge in [-0.2, -0.15) is 0 Å². The molecule has 0 amide bonds. The highest BCUT2D eigenvalue weighted by Crippen LogP contribution is 2.14. The quantitative estimate of drug-likeness (QED) is 0.0836. The molecule has 0 aliphatic carbocycles. The summed E-state index contributed by atoms with van der Waals surface area (Å²) in [7, 11) is -5.17. The predicted molar refractivity (Wildman–Crippen MR) is 146 cm³/mol. The second-order valence-corrected chi connectivity index (χ2v) is 10.9. The summed E-state index contributed by atoms with van der Waals surface area (Å²) in [6.45, 7) is 11.3. The molecule has 0 heterocycles. The summed E-state index contributed by atoms with van der Waals surface area (Å²) < 4.78 is 39.9. The molecule has 8 N–H and O–H groups in total. The van der Waals surface area contributed by atoms with Gasteiger partial charge in [-0.15, -0.1) is 0 Å². The van der Waals surface area contributed by atoms with Crippen molar-refractivity contribution >= 4 is 10.4 Å². The van der Waals surface area contributed by atoms with Crippen molar-refractivity contribution in [2.75, 3.05) is 13.2 Å². The normalized spacial score (nSPS) is 11.1. The van der Waals surface area contributed by atoms with Crippen LogP contribution in [0.4, 0.5) is 0 Å². The second-order valence-electron chi connectivity index (χ2n) is 10.0. The largest absolute Gasteiger partial charge is 0.759 e. The zero-order valence-electron chi connectivity index (χ0n) is 23.7. The van der Waals surface area contributed by atoms with Gasteiger partial charge in [-0.25, -0.2) is 0 Å². The van der Waals surface area contributed by atoms with Gasteiger partial charge in [0.1, 0.15) is 0 Å². The van der Waals surface area contributed by atoms with Crippen LogP contribution in [-0.2, 0) is 15.1 Å². The second kappa shape index (κ2) is 30.8. The third kappa shape index (κ3) is 53.2. The number of hydrogen-bond acceptors (Lipinski definition) is 5. The molecule has 34 heavy (non-hydrogen) atoms. The first kappa shape index (κ1) is 40.9. The fourth-order valence-electron chi connectivity index (χ4n) is 3.74. The number of quaternary nitrogens is 2. The highest BCUT2D eigenvalue weighted by molar-refractivity contribution is 7.79. The van der Waals surface area contributed by atoms with E-state index in [0.29, 0.717) is 0 Å². The Morgan fingerprint density at radius 1 is 0.500 bits per heavy atom. The van der Waals surface area contributed by atoms with Gasteiger partial charge in [0.05, 0.1) is 0 Å². The van der Waals surface area contributed by atoms with Crippen LogP contribution in [0.3, 0.4) is 0 Å². The average Bonchev–Trinajstić information content (AvgIpc) is 2.67. The van der Waals surface area contributed by atoms with Gasteiger partial charge in [0.25, 0.3) is 0 Å². The first-order valence-electron chi connectivity index (χ1n) is 13.4. The topological polar surface area (TPSA) is 162 Å². The summed E-state index contributed by atoms with van der Waals surface area (Å²) in [5, 5.41) is 0. The Labute approximate surface area is 213 Å². The molecule has 0 aliphatic rings. The Balaban J connectivity index is -0.000000578. The van der Waals surface area contributed by atoms with E-state index in [1.807, 2.05) is 0 Å². The molecule has 0 saturated heterocycles. The Morgan fingerprint density at radius 3 is 0.941 bits per heavy atom. The molecule has 0 fully saturated rings. The zero-order chi connectivity index (χ0) is 24.5. The molecule has 0 aromatic heterocycles. The van der Waals surface area contributed by atoms with Crippen LogP contribution in [0.5, 0.6) is 0 Å². The summed E-state index contributed by atoms with van der Waals surface area (Å²) in [4.78, 5) is 0. The summed E-state index contributed by atoms with van der Waals surface area (Å²) >= 11 is 0. The molecule has 0 aromatic carbocycles. The van der Waals surface area contributed by atoms with Gasteiger partial charge in [-0.05, 0) is 24.7 Å². The SMILES string of the molecule is CC(C)CCCCCCCCCCOCCCCCCCCCCC(C)C.O=S(=O)([O-])[O-].[NH4+].[NH4+]. The maximum atomic E-state index is 8.52. The molecule has 0 aromatic rings. The first-order chi connectivity index (χ1) is 15.1. The van der Waals surface area contributed by atoms with Crippen molar-refractivity contribution in [3.8, 4) is 0 Å². The highest BCUT2D eigenvalue weighted by atomic mass is 32.3. The lowest BCUT2D eigenvalue weighted by Crippen LogP contribution is -1.97. The predicted octanol–water partition coefficient (Wildman–Crippen LogP) is 8.75. The van der Waals surface area contributed by atoms with Crippen molar-refractivity contribution in [3.63, 3.8) is 0 Å². The van der Waals surface area contributed by atoms with Gasteiger partial charge < -0.3 is 26.1 Å². The van der Waals surface area contributed by atoms with Crippen LogP contribution in [0, 0.1) is 11.8 Å². The van der Waals surface area contributed by atoms with Gasteiger partial charge in [-0.3, -0.25) is 8.42 Å². The van der Waals surface area contributed by atoms with E-state index in [1.165, 1.54) is 116 Å². The minimum Gasteiger partial charge on any atom is -0.759 e. The number of ether oxygens (including phenoxy) is 1. The monoisotopic (exact) mass is 514 g/mol. The molecule has 0 aliphatic heterocycles. The van der Waals surface area contributed by atoms with Crippen LogP contribution >= 0.6 is 0 Å². The van der Waals surface area contributed by atoms with E-state index >= 15 is 0 Å². The zero-order valence-corrected chi connectivity index (χ0v) is 24.6. The summed E-state index contributed by atoms with van der Waals surface area (Å²) in [6.07, 6.45) is 25.3. The van der Waals surface area contributed by atoms with E-state index in [0.717, 1.165) is 25.0 Å². The molecule has 0 rings (SSSR count). The molecule has 0 atom stereocenters. The fraction of sp³-hybridized carbons (Fsp3) is 1.00. The molecular weight excluding hydrogens is 452 g/mol. The summed E-state index contributed by atoms with van der Waals surface area (Å²) in [5.74, 6) is 1.77. The van der Waals surface area contributed by atoms with Gasteiger partial charge in [0.15, 0.2) is 0 Å². The van der Waals surface area contributed by atoms with Gasteiger partial charge in [0.2, 0.25) is 0 Å². The Bertz CT molecular complexity index is 426. The number of unbranched alkanes of at least 4 members (excludes halogenated alkanes) is 14. The van der Waals surface area contributed by atoms with Gasteiger partial charge in [0, 0.05) is 23.6 Å². The van der Waals surface area contributed by atoms with Crippen molar-refractivity contribution in [2.45, 2.75) is 143 Å². The van der Waals surface area contributed by atoms with Crippen LogP contribution in [0.25, 0.3) is 0 Å². The van der Waals surface area contributed by atoms with Crippen LogP contribution in [0.15, 0.2) is 0 Å². The minimum absolute atomic E-state index is 0. The molecule has 0 unspecified atom stereocenters. The molecular formula is C26H62N2O5S. The number of rotatable bonds is 22. The third-order valence-corrected chi connectivity index (χ3v) is 5.64. The van der Waals surface area contributed by atoms with Crippen molar-refractivity contribution in [1.82, 2.24) is 12.3 Å². The van der Waals surface area contributed by atoms with Crippen molar-refractivity contribution in [1.29, 1.82) is 0 Å². The molecule has 0 bridgehead atoms. The van der Waals surface area contributed by atoms with E-state index in [1.54, 1.807) is 0 Å². The Morgan fingerprint density at radius 2 is 0.706 bits per heavy atom. The lowest BCUT2D eigenvalue weighted by molar-refractivity contribution is 0.125. The molecule has 7 nitrogen and oxygen atoms in total. The standard InChI is InChI=1S/C26H54O.2H3N.H2O4S/c1-25(2)21-17-13-9-5-7-11-15-19-23-27-24-20-16-12-8-6-10-14-18-22-26(3)4;;;1-5(2,3)4/h25-26H,5-24H2,1-4H3;2*1H3;(H2,1,2,3,4). The van der Waals surface area contributed by atoms with Crippen LogP contribution in [0.2, 0.25) is 0 Å². The van der Waals surface area contributed by atoms with Crippen molar-refractivity contribution in [2.24, 2.45) is 11.8 Å². The van der Waals surface area contributed by atoms with Crippen LogP contribution in [-0.4, -0.2) is 30.7 Å². The van der Waals surface area contributed by atoms with Gasteiger partial charge >= 0.3 is 0 Å². The lowest BCUT2D eigenvalue weighted by Gasteiger charge is -2.06. The minimum atomic E-state index is -5.17. The van der Waals surface area contributed by atoms with Crippen LogP contribution < -0.4 is 12.3 Å². The van der Waals surface area contributed by atoms with Gasteiger partial charge in [-0.1, -0.05) is 130 Å². The van der Waals surface area contributed by atoms with E-state index in [2.05, 4.69) is 27.7 Å². The molecule has 0 radical (unpaired) electrons. The maximum absolute atomic E-state index is 8.52. The Kier molecular flexibility index (Phi) is 37.0. The van der Waals surface area contributed by atoms with Crippen molar-refractivity contribution in [3.05, 3.63) is 0 Å². The number of hydrogen-bond donors (Lipinski definition) is 2. The molecule has 0 spiro atoms. The maximum Gasteiger partial charge on any atom is 0.0466 e. The van der Waals surface area contributed by atoms with E-state index in [-0.39, 0.29) is 12.3 Å². The average molecular weight is 515 g/mol.